The minimum Gasteiger partial charge on any atom is -0.508 e. The van der Waals surface area contributed by atoms with Gasteiger partial charge in [-0.3, -0.25) is 0 Å². The van der Waals surface area contributed by atoms with Gasteiger partial charge in [-0.05, 0) is 112 Å². The smallest absolute Gasteiger partial charge is 0.344 e. The van der Waals surface area contributed by atoms with Gasteiger partial charge in [-0.1, -0.05) is 55.1 Å². The van der Waals surface area contributed by atoms with Gasteiger partial charge in [-0.15, -0.1) is 0 Å². The number of allylic oxidation sites excluding steroid dienone is 2. The molecule has 4 bridgehead atoms. The summed E-state index contributed by atoms with van der Waals surface area (Å²) in [5.74, 6) is 2.74. The minimum atomic E-state index is -0.511. The van der Waals surface area contributed by atoms with E-state index in [-0.39, 0.29) is 29.9 Å². The third kappa shape index (κ3) is 9.38. The van der Waals surface area contributed by atoms with Gasteiger partial charge in [0.25, 0.3) is 0 Å². The van der Waals surface area contributed by atoms with Crippen LogP contribution in [0.5, 0.6) is 11.5 Å². The molecule has 0 spiro atoms. The van der Waals surface area contributed by atoms with Crippen molar-refractivity contribution in [2.24, 2.45) is 17.8 Å². The van der Waals surface area contributed by atoms with Crippen molar-refractivity contribution in [1.29, 1.82) is 0 Å². The van der Waals surface area contributed by atoms with Gasteiger partial charge < -0.3 is 19.3 Å². The number of phenols is 1. The van der Waals surface area contributed by atoms with Gasteiger partial charge in [0, 0.05) is 6.08 Å². The molecule has 6 heteroatoms. The largest absolute Gasteiger partial charge is 0.508 e. The molecule has 2 aromatic rings. The average molecular weight is 559 g/mol. The number of hydrogen-bond donors (Lipinski definition) is 1. The van der Waals surface area contributed by atoms with Gasteiger partial charge in [0.15, 0.2) is 6.61 Å². The molecule has 6 rings (SSSR count). The van der Waals surface area contributed by atoms with Crippen molar-refractivity contribution >= 4 is 24.1 Å². The van der Waals surface area contributed by atoms with E-state index in [0.717, 1.165) is 48.1 Å². The summed E-state index contributed by atoms with van der Waals surface area (Å²) < 4.78 is 16.3. The maximum Gasteiger partial charge on any atom is 0.344 e. The Balaban J connectivity index is 0.000000216. The van der Waals surface area contributed by atoms with Crippen LogP contribution in [0.2, 0.25) is 0 Å². The molecule has 0 aliphatic heterocycles. The number of aromatic hydroxyl groups is 1. The van der Waals surface area contributed by atoms with Crippen LogP contribution in [0.4, 0.5) is 0 Å². The zero-order chi connectivity index (χ0) is 29.5. The summed E-state index contributed by atoms with van der Waals surface area (Å²) in [7, 11) is 0. The zero-order valence-electron chi connectivity index (χ0n) is 24.4. The Bertz CT molecular complexity index is 1210. The van der Waals surface area contributed by atoms with Crippen molar-refractivity contribution in [1.82, 2.24) is 0 Å². The lowest BCUT2D eigenvalue weighted by Gasteiger charge is -2.55. The lowest BCUT2D eigenvalue weighted by molar-refractivity contribution is -0.181. The van der Waals surface area contributed by atoms with Crippen LogP contribution < -0.4 is 4.74 Å². The molecule has 1 N–H and O–H groups in total. The Labute approximate surface area is 243 Å². The van der Waals surface area contributed by atoms with Crippen molar-refractivity contribution in [3.8, 4) is 11.5 Å². The maximum absolute atomic E-state index is 11.6. The molecule has 2 aromatic carbocycles. The number of benzene rings is 2. The third-order valence-corrected chi connectivity index (χ3v) is 7.70. The van der Waals surface area contributed by atoms with E-state index in [2.05, 4.69) is 6.58 Å². The molecule has 4 saturated carbocycles. The van der Waals surface area contributed by atoms with Crippen LogP contribution in [-0.4, -0.2) is 34.9 Å². The van der Waals surface area contributed by atoms with Crippen LogP contribution in [0, 0.1) is 17.8 Å². The highest BCUT2D eigenvalue weighted by atomic mass is 16.6. The van der Waals surface area contributed by atoms with Gasteiger partial charge in [0.05, 0.1) is 0 Å². The molecule has 4 fully saturated rings. The SMILES string of the molecule is C=CC(=O)OC12CC3CC(CC(C3)C1)C2.CC(C)(C)OC(=O)COc1ccc(C=CC=Cc2ccc(O)cc2)cc1. The molecule has 41 heavy (non-hydrogen) atoms. The summed E-state index contributed by atoms with van der Waals surface area (Å²) in [5, 5.41) is 9.24. The molecule has 0 heterocycles. The molecule has 0 unspecified atom stereocenters. The van der Waals surface area contributed by atoms with E-state index in [1.54, 1.807) is 12.1 Å². The van der Waals surface area contributed by atoms with E-state index in [1.165, 1.54) is 25.3 Å². The molecule has 0 radical (unpaired) electrons. The Morgan fingerprint density at radius 1 is 0.878 bits per heavy atom. The minimum absolute atomic E-state index is 0.0972. The van der Waals surface area contributed by atoms with E-state index in [0.29, 0.717) is 5.75 Å². The van der Waals surface area contributed by atoms with Crippen LogP contribution in [0.1, 0.15) is 70.4 Å². The lowest BCUT2D eigenvalue weighted by atomic mass is 9.54. The van der Waals surface area contributed by atoms with Crippen molar-refractivity contribution in [3.63, 3.8) is 0 Å². The number of carbonyl (C=O) groups is 2. The zero-order valence-corrected chi connectivity index (χ0v) is 24.4. The van der Waals surface area contributed by atoms with Gasteiger partial charge in [-0.25, -0.2) is 9.59 Å². The molecule has 4 aliphatic rings. The second kappa shape index (κ2) is 13.2. The van der Waals surface area contributed by atoms with Crippen molar-refractivity contribution in [2.75, 3.05) is 6.61 Å². The lowest BCUT2D eigenvalue weighted by Crippen LogP contribution is -2.52. The van der Waals surface area contributed by atoms with Gasteiger partial charge in [0.2, 0.25) is 0 Å². The van der Waals surface area contributed by atoms with Gasteiger partial charge in [-0.2, -0.15) is 0 Å². The quantitative estimate of drug-likeness (QED) is 0.205. The van der Waals surface area contributed by atoms with Crippen molar-refractivity contribution < 1.29 is 28.9 Å². The summed E-state index contributed by atoms with van der Waals surface area (Å²) in [6.45, 7) is 8.84. The first-order valence-electron chi connectivity index (χ1n) is 14.4. The summed E-state index contributed by atoms with van der Waals surface area (Å²) in [6.07, 6.45) is 16.6. The van der Waals surface area contributed by atoms with E-state index in [4.69, 9.17) is 14.2 Å². The number of carbonyl (C=O) groups excluding carboxylic acids is 2. The molecule has 6 nitrogen and oxygen atoms in total. The molecule has 0 atom stereocenters. The van der Waals surface area contributed by atoms with E-state index >= 15 is 0 Å². The molecular formula is C35H42O6. The second-order valence-electron chi connectivity index (χ2n) is 12.5. The van der Waals surface area contributed by atoms with Gasteiger partial charge >= 0.3 is 11.9 Å². The first-order chi connectivity index (χ1) is 19.5. The van der Waals surface area contributed by atoms with E-state index in [9.17, 15) is 14.7 Å². The molecule has 218 valence electrons. The standard InChI is InChI=1S/C22H24O4.C13H18O2/c1-22(2,3)26-21(24)16-25-20-14-10-18(11-15-20)7-5-4-6-17-8-12-19(23)13-9-17;1-2-12(14)15-13-6-9-3-10(7-13)5-11(4-9)8-13/h4-15,23H,16H2,1-3H3;2,9-11H,1,3-8H2. The van der Waals surface area contributed by atoms with Gasteiger partial charge in [0.1, 0.15) is 22.7 Å². The number of ether oxygens (including phenoxy) is 3. The fourth-order valence-corrected chi connectivity index (χ4v) is 6.52. The fourth-order valence-electron chi connectivity index (χ4n) is 6.52. The highest BCUT2D eigenvalue weighted by Gasteiger charge is 2.53. The first kappa shape index (κ1) is 30.2. The average Bonchev–Trinajstić information content (AvgIpc) is 2.90. The monoisotopic (exact) mass is 558 g/mol. The predicted octanol–water partition coefficient (Wildman–Crippen LogP) is 7.52. The predicted molar refractivity (Wildman–Crippen MR) is 161 cm³/mol. The highest BCUT2D eigenvalue weighted by molar-refractivity contribution is 5.81. The fraction of sp³-hybridized carbons (Fsp3) is 0.429. The molecule has 0 aromatic heterocycles. The third-order valence-electron chi connectivity index (χ3n) is 7.70. The number of rotatable bonds is 8. The number of phenolic OH excluding ortho intramolecular Hbond substituents is 1. The Kier molecular flexibility index (Phi) is 9.74. The normalized spacial score (nSPS) is 24.5. The molecule has 4 aliphatic carbocycles. The van der Waals surface area contributed by atoms with E-state index in [1.807, 2.05) is 81.5 Å². The second-order valence-corrected chi connectivity index (χ2v) is 12.5. The maximum atomic E-state index is 11.6. The highest BCUT2D eigenvalue weighted by Crippen LogP contribution is 2.57. The molecule has 0 saturated heterocycles. The molecular weight excluding hydrogens is 516 g/mol. The van der Waals surface area contributed by atoms with Crippen molar-refractivity contribution in [3.05, 3.63) is 84.5 Å². The Hall–Kier alpha value is -3.80. The first-order valence-corrected chi connectivity index (χ1v) is 14.4. The Morgan fingerprint density at radius 3 is 1.83 bits per heavy atom. The van der Waals surface area contributed by atoms with Crippen LogP contribution in [0.3, 0.4) is 0 Å². The summed E-state index contributed by atoms with van der Waals surface area (Å²) >= 11 is 0. The van der Waals surface area contributed by atoms with Crippen molar-refractivity contribution in [2.45, 2.75) is 70.5 Å². The number of hydrogen-bond acceptors (Lipinski definition) is 6. The summed E-state index contributed by atoms with van der Waals surface area (Å²) in [5.41, 5.74) is 1.42. The summed E-state index contributed by atoms with van der Waals surface area (Å²) in [6, 6.07) is 14.4. The topological polar surface area (TPSA) is 82.1 Å². The van der Waals surface area contributed by atoms with Crippen LogP contribution >= 0.6 is 0 Å². The van der Waals surface area contributed by atoms with Crippen LogP contribution in [0.25, 0.3) is 12.2 Å². The van der Waals surface area contributed by atoms with Crippen LogP contribution in [0.15, 0.2) is 73.3 Å². The van der Waals surface area contributed by atoms with E-state index < -0.39 is 5.60 Å². The van der Waals surface area contributed by atoms with Crippen LogP contribution in [-0.2, 0) is 19.1 Å². The number of esters is 2. The summed E-state index contributed by atoms with van der Waals surface area (Å²) in [4.78, 5) is 23.0. The molecule has 0 amide bonds. The Morgan fingerprint density at radius 2 is 1.37 bits per heavy atom.